The van der Waals surface area contributed by atoms with Gasteiger partial charge >= 0.3 is 16.3 Å². The molecule has 0 saturated heterocycles. The zero-order chi connectivity index (χ0) is 7.98. The third-order valence-corrected chi connectivity index (χ3v) is 1.40. The van der Waals surface area contributed by atoms with Crippen molar-refractivity contribution in [3.63, 3.8) is 0 Å². The number of rotatable bonds is 4. The zero-order valence-corrected chi connectivity index (χ0v) is 8.51. The van der Waals surface area contributed by atoms with Gasteiger partial charge in [-0.05, 0) is 0 Å². The van der Waals surface area contributed by atoms with Crippen molar-refractivity contribution in [3.05, 3.63) is 0 Å². The Morgan fingerprint density at radius 3 is 2.40 bits per heavy atom. The van der Waals surface area contributed by atoms with Crippen LogP contribution >= 0.6 is 0 Å². The molecule has 0 aliphatic heterocycles. The Bertz CT molecular complexity index is 105. The second kappa shape index (κ2) is 5.69. The van der Waals surface area contributed by atoms with Crippen LogP contribution < -0.4 is 5.32 Å². The molecule has 0 bridgehead atoms. The smallest absolute Gasteiger partial charge is 0.354 e. The van der Waals surface area contributed by atoms with Gasteiger partial charge in [0.25, 0.3) is 0 Å². The minimum absolute atomic E-state index is 0.0547. The lowest BCUT2D eigenvalue weighted by Crippen LogP contribution is -2.33. The van der Waals surface area contributed by atoms with E-state index < -0.39 is 0 Å². The van der Waals surface area contributed by atoms with Gasteiger partial charge < -0.3 is 14.8 Å². The molecule has 0 aromatic heterocycles. The molecular weight excluding hydrogens is 149 g/mol. The van der Waals surface area contributed by atoms with Gasteiger partial charge in [0.15, 0.2) is 6.29 Å². The van der Waals surface area contributed by atoms with Crippen LogP contribution in [0.4, 0.5) is 4.79 Å². The molecule has 0 heterocycles. The molecule has 0 rings (SSSR count). The van der Waals surface area contributed by atoms with Crippen molar-refractivity contribution in [3.8, 4) is 0 Å². The molecule has 58 valence electrons. The molecule has 0 saturated carbocycles. The van der Waals surface area contributed by atoms with Crippen LogP contribution in [0, 0.1) is 0 Å². The lowest BCUT2D eigenvalue weighted by atomic mass is 10.6. The van der Waals surface area contributed by atoms with Gasteiger partial charge in [-0.3, -0.25) is 4.79 Å². The van der Waals surface area contributed by atoms with E-state index in [0.29, 0.717) is 22.8 Å². The molecule has 4 nitrogen and oxygen atoms in total. The minimum atomic E-state index is -0.321. The van der Waals surface area contributed by atoms with Crippen molar-refractivity contribution in [2.75, 3.05) is 20.8 Å². The zero-order valence-electron chi connectivity index (χ0n) is 6.51. The van der Waals surface area contributed by atoms with Crippen LogP contribution in [0.3, 0.4) is 0 Å². The van der Waals surface area contributed by atoms with Crippen molar-refractivity contribution >= 4 is 21.1 Å². The van der Waals surface area contributed by atoms with E-state index in [1.54, 1.807) is 0 Å². The molecule has 0 spiro atoms. The highest BCUT2D eigenvalue weighted by molar-refractivity contribution is 6.57. The summed E-state index contributed by atoms with van der Waals surface area (Å²) < 4.78 is 9.71. The van der Waals surface area contributed by atoms with Gasteiger partial charge in [0.2, 0.25) is 0 Å². The molecule has 5 heteroatoms. The molecule has 0 aliphatic carbocycles. The Morgan fingerprint density at radius 1 is 1.60 bits per heavy atom. The molecule has 0 aliphatic rings. The molecule has 0 radical (unpaired) electrons. The molecule has 0 atom stereocenters. The Balaban J connectivity index is 3.34. The average molecular weight is 161 g/mol. The Kier molecular flexibility index (Phi) is 5.64. The maximum absolute atomic E-state index is 10.4. The number of nitrogens with one attached hydrogen (secondary N) is 1. The molecular formula is C5H12AlNO3. The van der Waals surface area contributed by atoms with Crippen LogP contribution in [-0.2, 0) is 9.47 Å². The second-order valence-corrected chi connectivity index (χ2v) is 2.75. The van der Waals surface area contributed by atoms with Crippen molar-refractivity contribution < 1.29 is 14.3 Å². The first-order valence-corrected chi connectivity index (χ1v) is 4.00. The summed E-state index contributed by atoms with van der Waals surface area (Å²) in [6.07, 6.45) is -0.321. The summed E-state index contributed by atoms with van der Waals surface area (Å²) in [5.74, 6) is 0. The molecule has 0 aromatic rings. The summed E-state index contributed by atoms with van der Waals surface area (Å²) in [6.45, 7) is 0.426. The van der Waals surface area contributed by atoms with Crippen LogP contribution in [0.1, 0.15) is 0 Å². The normalized spacial score (nSPS) is 9.90. The van der Waals surface area contributed by atoms with E-state index in [1.807, 2.05) is 0 Å². The van der Waals surface area contributed by atoms with Gasteiger partial charge in [0, 0.05) is 14.2 Å². The summed E-state index contributed by atoms with van der Waals surface area (Å²) in [7, 11) is 3.07. The third-order valence-electron chi connectivity index (χ3n) is 1.04. The van der Waals surface area contributed by atoms with Crippen molar-refractivity contribution in [2.24, 2.45) is 0 Å². The fraction of sp³-hybridized carbons (Fsp3) is 0.800. The number of carbonyl (C=O) groups is 1. The van der Waals surface area contributed by atoms with E-state index in [2.05, 4.69) is 5.32 Å². The summed E-state index contributed by atoms with van der Waals surface area (Å²) in [5.41, 5.74) is 0. The fourth-order valence-corrected chi connectivity index (χ4v) is 0.694. The number of carbonyl (C=O) groups excluding carboxylic acids is 1. The lowest BCUT2D eigenvalue weighted by Gasteiger charge is -2.12. The Labute approximate surface area is 68.3 Å². The topological polar surface area (TPSA) is 47.6 Å². The predicted octanol–water partition coefficient (Wildman–Crippen LogP) is -1.05. The maximum atomic E-state index is 10.4. The highest BCUT2D eigenvalue weighted by atomic mass is 27.0. The highest BCUT2D eigenvalue weighted by Gasteiger charge is 2.03. The van der Waals surface area contributed by atoms with Crippen LogP contribution in [0.5, 0.6) is 0 Å². The van der Waals surface area contributed by atoms with Gasteiger partial charge in [-0.1, -0.05) is 0 Å². The maximum Gasteiger partial charge on any atom is 0.354 e. The van der Waals surface area contributed by atoms with Crippen molar-refractivity contribution in [1.82, 2.24) is 5.32 Å². The van der Waals surface area contributed by atoms with E-state index in [0.717, 1.165) is 0 Å². The highest BCUT2D eigenvalue weighted by Crippen LogP contribution is 1.86. The SMILES string of the molecule is COC(CN[C](=O)[AlH2])OC. The largest absolute Gasteiger partial charge is 0.368 e. The monoisotopic (exact) mass is 161 g/mol. The van der Waals surface area contributed by atoms with E-state index >= 15 is 0 Å². The van der Waals surface area contributed by atoms with E-state index in [4.69, 9.17) is 9.47 Å². The molecule has 10 heavy (non-hydrogen) atoms. The summed E-state index contributed by atoms with van der Waals surface area (Å²) in [5, 5.41) is 2.62. The van der Waals surface area contributed by atoms with Crippen LogP contribution in [-0.4, -0.2) is 48.1 Å². The van der Waals surface area contributed by atoms with Gasteiger partial charge in [0.05, 0.1) is 6.54 Å². The van der Waals surface area contributed by atoms with E-state index in [1.165, 1.54) is 14.2 Å². The van der Waals surface area contributed by atoms with Gasteiger partial charge in [-0.25, -0.2) is 0 Å². The van der Waals surface area contributed by atoms with Gasteiger partial charge in [0.1, 0.15) is 4.77 Å². The third kappa shape index (κ3) is 4.77. The van der Waals surface area contributed by atoms with E-state index in [9.17, 15) is 4.79 Å². The first-order chi connectivity index (χ1) is 4.70. The molecule has 1 amide bonds. The number of amides is 1. The second-order valence-electron chi connectivity index (χ2n) is 1.84. The van der Waals surface area contributed by atoms with Gasteiger partial charge in [-0.15, -0.1) is 0 Å². The van der Waals surface area contributed by atoms with Crippen LogP contribution in [0.2, 0.25) is 0 Å². The first-order valence-electron chi connectivity index (χ1n) is 3.00. The van der Waals surface area contributed by atoms with E-state index in [-0.39, 0.29) is 11.1 Å². The Hall–Kier alpha value is -0.0775. The average Bonchev–Trinajstić information content (AvgIpc) is 1.90. The van der Waals surface area contributed by atoms with Crippen LogP contribution in [0.25, 0.3) is 0 Å². The number of methoxy groups -OCH3 is 2. The van der Waals surface area contributed by atoms with Gasteiger partial charge in [-0.2, -0.15) is 0 Å². The Morgan fingerprint density at radius 2 is 2.10 bits per heavy atom. The fourth-order valence-electron chi connectivity index (χ4n) is 0.490. The number of hydrogen-bond acceptors (Lipinski definition) is 3. The quantitative estimate of drug-likeness (QED) is 0.422. The standard InChI is InChI=1S/C5H10NO3.Al.2H/c1-8-5(9-2)3-6-4-7;;;/h5H,3H2,1-2H3,(H,6,7);;;. The molecule has 0 unspecified atom stereocenters. The summed E-state index contributed by atoms with van der Waals surface area (Å²) in [4.78, 5) is 10.4. The first kappa shape index (κ1) is 9.92. The molecule has 1 N–H and O–H groups in total. The summed E-state index contributed by atoms with van der Waals surface area (Å²) in [6, 6.07) is 0. The number of ether oxygens (including phenoxy) is 2. The van der Waals surface area contributed by atoms with Crippen LogP contribution in [0.15, 0.2) is 0 Å². The van der Waals surface area contributed by atoms with Crippen molar-refractivity contribution in [1.29, 1.82) is 0 Å². The predicted molar refractivity (Wildman–Crippen MR) is 39.7 cm³/mol. The molecule has 0 aromatic carbocycles. The van der Waals surface area contributed by atoms with Crippen molar-refractivity contribution in [2.45, 2.75) is 6.29 Å². The minimum Gasteiger partial charge on any atom is -0.368 e. The lowest BCUT2D eigenvalue weighted by molar-refractivity contribution is -0.0968. The number of hydrogen-bond donors (Lipinski definition) is 1. The summed E-state index contributed by atoms with van der Waals surface area (Å²) >= 11 is 0.518. The molecule has 0 fully saturated rings.